The Kier molecular flexibility index (Phi) is 26.7. The molecule has 1 aromatic rings. The van der Waals surface area contributed by atoms with Crippen LogP contribution in [0.15, 0.2) is 0 Å². The molecule has 1 saturated carbocycles. The first kappa shape index (κ1) is 40.5. The van der Waals surface area contributed by atoms with Gasteiger partial charge in [0.05, 0.1) is 0 Å². The Morgan fingerprint density at radius 1 is 0.600 bits per heavy atom. The Bertz CT molecular complexity index is 672. The van der Waals surface area contributed by atoms with Gasteiger partial charge < -0.3 is 16.0 Å². The SMILES string of the molecule is CC.CC.CC.CCC(C)CCC(CC)Nc1nc(NC(CC)CCC(C)C)nc(NC2CCC(CC)CC2)n1. The van der Waals surface area contributed by atoms with Crippen molar-refractivity contribution >= 4 is 17.8 Å². The van der Waals surface area contributed by atoms with E-state index in [0.717, 1.165) is 43.5 Å². The smallest absolute Gasteiger partial charge is 0.229 e. The molecule has 3 N–H and O–H groups in total. The Hall–Kier alpha value is -1.59. The molecule has 1 aromatic heterocycles. The van der Waals surface area contributed by atoms with E-state index in [2.05, 4.69) is 64.4 Å². The highest BCUT2D eigenvalue weighted by Crippen LogP contribution is 2.28. The highest BCUT2D eigenvalue weighted by molar-refractivity contribution is 5.43. The molecule has 3 unspecified atom stereocenters. The predicted octanol–water partition coefficient (Wildman–Crippen LogP) is 11.0. The molecule has 0 radical (unpaired) electrons. The molecule has 0 aliphatic heterocycles. The van der Waals surface area contributed by atoms with Crippen LogP contribution in [0.4, 0.5) is 17.8 Å². The minimum absolute atomic E-state index is 0.387. The van der Waals surface area contributed by atoms with E-state index >= 15 is 0 Å². The summed E-state index contributed by atoms with van der Waals surface area (Å²) < 4.78 is 0. The van der Waals surface area contributed by atoms with Gasteiger partial charge in [-0.05, 0) is 82.0 Å². The lowest BCUT2D eigenvalue weighted by molar-refractivity contribution is 0.329. The van der Waals surface area contributed by atoms with Crippen LogP contribution in [-0.2, 0) is 0 Å². The van der Waals surface area contributed by atoms with Crippen LogP contribution in [0.25, 0.3) is 0 Å². The summed E-state index contributed by atoms with van der Waals surface area (Å²) in [6.07, 6.45) is 14.4. The summed E-state index contributed by atoms with van der Waals surface area (Å²) in [7, 11) is 0. The lowest BCUT2D eigenvalue weighted by Gasteiger charge is -2.28. The topological polar surface area (TPSA) is 74.8 Å². The van der Waals surface area contributed by atoms with E-state index in [9.17, 15) is 0 Å². The Morgan fingerprint density at radius 2 is 1.05 bits per heavy atom. The maximum Gasteiger partial charge on any atom is 0.229 e. The molecule has 0 aromatic carbocycles. The van der Waals surface area contributed by atoms with E-state index in [0.29, 0.717) is 35.9 Å². The fourth-order valence-electron chi connectivity index (χ4n) is 4.81. The van der Waals surface area contributed by atoms with E-state index in [-0.39, 0.29) is 0 Å². The second-order valence-electron chi connectivity index (χ2n) is 11.1. The molecule has 0 amide bonds. The molecule has 40 heavy (non-hydrogen) atoms. The van der Waals surface area contributed by atoms with E-state index in [1.54, 1.807) is 0 Å². The quantitative estimate of drug-likeness (QED) is 0.185. The van der Waals surface area contributed by atoms with Crippen molar-refractivity contribution < 1.29 is 0 Å². The number of rotatable bonds is 16. The zero-order valence-electron chi connectivity index (χ0n) is 29.3. The lowest BCUT2D eigenvalue weighted by Crippen LogP contribution is -2.28. The summed E-state index contributed by atoms with van der Waals surface area (Å²) in [6, 6.07) is 1.24. The van der Waals surface area contributed by atoms with Crippen molar-refractivity contribution in [3.63, 3.8) is 0 Å². The third-order valence-electron chi connectivity index (χ3n) is 7.84. The summed E-state index contributed by atoms with van der Waals surface area (Å²) in [4.78, 5) is 14.5. The van der Waals surface area contributed by atoms with Crippen LogP contribution in [0, 0.1) is 17.8 Å². The molecule has 2 rings (SSSR count). The molecule has 1 heterocycles. The Labute approximate surface area is 251 Å². The second-order valence-corrected chi connectivity index (χ2v) is 11.1. The van der Waals surface area contributed by atoms with Gasteiger partial charge in [-0.3, -0.25) is 0 Å². The minimum atomic E-state index is 0.387. The minimum Gasteiger partial charge on any atom is -0.351 e. The number of nitrogens with one attached hydrogen (secondary N) is 3. The number of anilines is 3. The molecular weight excluding hydrogens is 492 g/mol. The first-order valence-corrected chi connectivity index (χ1v) is 17.4. The van der Waals surface area contributed by atoms with Crippen LogP contribution in [-0.4, -0.2) is 33.1 Å². The highest BCUT2D eigenvalue weighted by atomic mass is 15.3. The molecule has 6 nitrogen and oxygen atoms in total. The maximum atomic E-state index is 4.82. The first-order chi connectivity index (χ1) is 19.4. The largest absolute Gasteiger partial charge is 0.351 e. The molecule has 0 bridgehead atoms. The van der Waals surface area contributed by atoms with Crippen molar-refractivity contribution in [3.05, 3.63) is 0 Å². The number of hydrogen-bond donors (Lipinski definition) is 3. The second kappa shape index (κ2) is 26.3. The summed E-state index contributed by atoms with van der Waals surface area (Å²) in [6.45, 7) is 28.0. The van der Waals surface area contributed by atoms with Crippen LogP contribution in [0.3, 0.4) is 0 Å². The van der Waals surface area contributed by atoms with Crippen molar-refractivity contribution in [1.29, 1.82) is 0 Å². The van der Waals surface area contributed by atoms with Crippen LogP contribution in [0.1, 0.15) is 167 Å². The highest BCUT2D eigenvalue weighted by Gasteiger charge is 2.22. The van der Waals surface area contributed by atoms with Gasteiger partial charge in [0.1, 0.15) is 0 Å². The van der Waals surface area contributed by atoms with Crippen molar-refractivity contribution in [3.8, 4) is 0 Å². The first-order valence-electron chi connectivity index (χ1n) is 17.4. The van der Waals surface area contributed by atoms with E-state index < -0.39 is 0 Å². The van der Waals surface area contributed by atoms with Crippen molar-refractivity contribution in [2.75, 3.05) is 16.0 Å². The van der Waals surface area contributed by atoms with Gasteiger partial charge in [-0.2, -0.15) is 15.0 Å². The van der Waals surface area contributed by atoms with Gasteiger partial charge in [0.15, 0.2) is 0 Å². The normalized spacial score (nSPS) is 18.4. The zero-order valence-corrected chi connectivity index (χ0v) is 29.3. The average molecular weight is 565 g/mol. The molecule has 238 valence electrons. The fraction of sp³-hybridized carbons (Fsp3) is 0.912. The average Bonchev–Trinajstić information content (AvgIpc) is 3.00. The van der Waals surface area contributed by atoms with Crippen LogP contribution < -0.4 is 16.0 Å². The Morgan fingerprint density at radius 3 is 1.45 bits per heavy atom. The standard InChI is InChI=1S/C28H54N6.3C2H6/c1-8-21(7)13-17-24(11-4)30-27-32-26(29-23(10-3)16-12-20(5)6)33-28(34-27)31-25-18-14-22(9-2)15-19-25;3*1-2/h20-25H,8-19H2,1-7H3,(H3,29,30,31,32,33,34);3*1-2H3. The zero-order chi connectivity index (χ0) is 30.9. The number of nitrogens with zero attached hydrogens (tertiary/aromatic N) is 3. The van der Waals surface area contributed by atoms with Gasteiger partial charge in [-0.25, -0.2) is 0 Å². The maximum absolute atomic E-state index is 4.82. The summed E-state index contributed by atoms with van der Waals surface area (Å²) in [5.41, 5.74) is 0. The van der Waals surface area contributed by atoms with E-state index in [1.165, 1.54) is 51.4 Å². The van der Waals surface area contributed by atoms with Crippen LogP contribution in [0.5, 0.6) is 0 Å². The third kappa shape index (κ3) is 18.0. The molecule has 0 spiro atoms. The number of hydrogen-bond acceptors (Lipinski definition) is 6. The molecule has 1 aliphatic carbocycles. The van der Waals surface area contributed by atoms with E-state index in [1.807, 2.05) is 41.5 Å². The third-order valence-corrected chi connectivity index (χ3v) is 7.84. The lowest BCUT2D eigenvalue weighted by atomic mass is 9.85. The van der Waals surface area contributed by atoms with Gasteiger partial charge in [-0.15, -0.1) is 0 Å². The molecule has 0 saturated heterocycles. The Balaban J connectivity index is 0. The number of aromatic nitrogens is 3. The summed E-state index contributed by atoms with van der Waals surface area (Å²) >= 11 is 0. The monoisotopic (exact) mass is 565 g/mol. The predicted molar refractivity (Wildman–Crippen MR) is 182 cm³/mol. The molecule has 3 atom stereocenters. The van der Waals surface area contributed by atoms with Crippen molar-refractivity contribution in [2.24, 2.45) is 17.8 Å². The van der Waals surface area contributed by atoms with Crippen molar-refractivity contribution in [1.82, 2.24) is 15.0 Å². The molecule has 1 fully saturated rings. The van der Waals surface area contributed by atoms with Gasteiger partial charge in [0.2, 0.25) is 17.8 Å². The van der Waals surface area contributed by atoms with Gasteiger partial charge >= 0.3 is 0 Å². The van der Waals surface area contributed by atoms with E-state index in [4.69, 9.17) is 15.0 Å². The molecular formula is C34H72N6. The summed E-state index contributed by atoms with van der Waals surface area (Å²) in [5, 5.41) is 10.9. The van der Waals surface area contributed by atoms with Crippen LogP contribution >= 0.6 is 0 Å². The van der Waals surface area contributed by atoms with Crippen LogP contribution in [0.2, 0.25) is 0 Å². The van der Waals surface area contributed by atoms with Crippen molar-refractivity contribution in [2.45, 2.75) is 185 Å². The molecule has 1 aliphatic rings. The summed E-state index contributed by atoms with van der Waals surface area (Å²) in [5.74, 6) is 4.47. The van der Waals surface area contributed by atoms with Gasteiger partial charge in [0.25, 0.3) is 0 Å². The van der Waals surface area contributed by atoms with Gasteiger partial charge in [-0.1, -0.05) is 103 Å². The van der Waals surface area contributed by atoms with Gasteiger partial charge in [0, 0.05) is 18.1 Å². The molecule has 6 heteroatoms. The fourth-order valence-corrected chi connectivity index (χ4v) is 4.81.